The minimum absolute atomic E-state index is 0.0244. The van der Waals surface area contributed by atoms with Crippen LogP contribution >= 0.6 is 35.0 Å². The number of thioether (sulfide) groups is 1. The first kappa shape index (κ1) is 16.6. The normalized spacial score (nSPS) is 17.5. The van der Waals surface area contributed by atoms with Gasteiger partial charge in [0.05, 0.1) is 16.3 Å². The number of aromatic nitrogens is 1. The van der Waals surface area contributed by atoms with Gasteiger partial charge < -0.3 is 0 Å². The SMILES string of the molecule is O=C1CSC(c2cc3ccccc3nc2Cl)N1c1ccc(F)c(Cl)c1. The average molecular weight is 393 g/mol. The van der Waals surface area contributed by atoms with E-state index in [1.165, 1.54) is 23.9 Å². The zero-order chi connectivity index (χ0) is 17.6. The van der Waals surface area contributed by atoms with Gasteiger partial charge in [0, 0.05) is 16.6 Å². The number of amides is 1. The van der Waals surface area contributed by atoms with Crippen LogP contribution in [0.15, 0.2) is 48.5 Å². The maximum Gasteiger partial charge on any atom is 0.238 e. The molecule has 2 aromatic carbocycles. The molecule has 7 heteroatoms. The number of anilines is 1. The van der Waals surface area contributed by atoms with Crippen LogP contribution in [0.4, 0.5) is 10.1 Å². The molecule has 2 heterocycles. The fraction of sp³-hybridized carbons (Fsp3) is 0.111. The van der Waals surface area contributed by atoms with Crippen molar-refractivity contribution in [1.29, 1.82) is 0 Å². The van der Waals surface area contributed by atoms with Crippen molar-refractivity contribution in [3.8, 4) is 0 Å². The van der Waals surface area contributed by atoms with E-state index >= 15 is 0 Å². The first-order chi connectivity index (χ1) is 12.0. The Bertz CT molecular complexity index is 998. The molecule has 126 valence electrons. The molecule has 1 fully saturated rings. The van der Waals surface area contributed by atoms with E-state index in [-0.39, 0.29) is 16.3 Å². The Kier molecular flexibility index (Phi) is 4.31. The molecule has 1 atom stereocenters. The highest BCUT2D eigenvalue weighted by atomic mass is 35.5. The molecule has 1 saturated heterocycles. The van der Waals surface area contributed by atoms with Gasteiger partial charge >= 0.3 is 0 Å². The second-order valence-electron chi connectivity index (χ2n) is 5.59. The molecule has 1 unspecified atom stereocenters. The highest BCUT2D eigenvalue weighted by Gasteiger charge is 2.36. The van der Waals surface area contributed by atoms with Gasteiger partial charge in [-0.3, -0.25) is 9.69 Å². The Morgan fingerprint density at radius 1 is 1.16 bits per heavy atom. The minimum Gasteiger partial charge on any atom is -0.295 e. The highest BCUT2D eigenvalue weighted by Crippen LogP contribution is 2.44. The molecule has 0 radical (unpaired) electrons. The van der Waals surface area contributed by atoms with E-state index in [4.69, 9.17) is 23.2 Å². The lowest BCUT2D eigenvalue weighted by atomic mass is 10.1. The molecule has 1 amide bonds. The summed E-state index contributed by atoms with van der Waals surface area (Å²) in [6.07, 6.45) is 0. The minimum atomic E-state index is -0.522. The van der Waals surface area contributed by atoms with Gasteiger partial charge in [0.25, 0.3) is 0 Å². The summed E-state index contributed by atoms with van der Waals surface area (Å²) in [7, 11) is 0. The van der Waals surface area contributed by atoms with Gasteiger partial charge in [0.2, 0.25) is 5.91 Å². The fourth-order valence-corrected chi connectivity index (χ4v) is 4.53. The Balaban J connectivity index is 1.82. The van der Waals surface area contributed by atoms with Crippen LogP contribution in [0.2, 0.25) is 10.2 Å². The number of pyridine rings is 1. The molecular weight excluding hydrogens is 382 g/mol. The predicted octanol–water partition coefficient (Wildman–Crippen LogP) is 5.46. The van der Waals surface area contributed by atoms with Crippen molar-refractivity contribution in [3.63, 3.8) is 0 Å². The van der Waals surface area contributed by atoms with Gasteiger partial charge in [-0.25, -0.2) is 9.37 Å². The van der Waals surface area contributed by atoms with Crippen molar-refractivity contribution < 1.29 is 9.18 Å². The summed E-state index contributed by atoms with van der Waals surface area (Å²) in [5.74, 6) is -0.295. The number of nitrogens with zero attached hydrogens (tertiary/aromatic N) is 2. The smallest absolute Gasteiger partial charge is 0.238 e. The molecule has 0 spiro atoms. The van der Waals surface area contributed by atoms with Crippen molar-refractivity contribution in [2.24, 2.45) is 0 Å². The summed E-state index contributed by atoms with van der Waals surface area (Å²) in [6.45, 7) is 0. The molecule has 0 saturated carbocycles. The molecule has 3 nitrogen and oxygen atoms in total. The van der Waals surface area contributed by atoms with Crippen LogP contribution in [0.5, 0.6) is 0 Å². The summed E-state index contributed by atoms with van der Waals surface area (Å²) in [6, 6.07) is 13.8. The standard InChI is InChI=1S/C18H11Cl2FN2OS/c19-13-8-11(5-6-14(13)21)23-16(24)9-25-18(23)12-7-10-3-1-2-4-15(10)22-17(12)20/h1-8,18H,9H2. The maximum absolute atomic E-state index is 13.5. The van der Waals surface area contributed by atoms with Gasteiger partial charge in [0.15, 0.2) is 0 Å². The lowest BCUT2D eigenvalue weighted by molar-refractivity contribution is -0.115. The molecule has 1 aliphatic rings. The quantitative estimate of drug-likeness (QED) is 0.542. The lowest BCUT2D eigenvalue weighted by Crippen LogP contribution is -2.28. The molecule has 1 aromatic heterocycles. The van der Waals surface area contributed by atoms with Crippen molar-refractivity contribution in [2.75, 3.05) is 10.7 Å². The third-order valence-electron chi connectivity index (χ3n) is 4.02. The van der Waals surface area contributed by atoms with Crippen LogP contribution in [-0.2, 0) is 4.79 Å². The summed E-state index contributed by atoms with van der Waals surface area (Å²) < 4.78 is 13.5. The van der Waals surface area contributed by atoms with E-state index in [0.29, 0.717) is 16.6 Å². The molecule has 0 N–H and O–H groups in total. The Labute approximate surface area is 157 Å². The van der Waals surface area contributed by atoms with Gasteiger partial charge in [-0.15, -0.1) is 11.8 Å². The number of para-hydroxylation sites is 1. The lowest BCUT2D eigenvalue weighted by Gasteiger charge is -2.25. The molecular formula is C18H11Cl2FN2OS. The van der Waals surface area contributed by atoms with Crippen LogP contribution in [0.1, 0.15) is 10.9 Å². The maximum atomic E-state index is 13.5. The van der Waals surface area contributed by atoms with Gasteiger partial charge in [0.1, 0.15) is 16.3 Å². The summed E-state index contributed by atoms with van der Waals surface area (Å²) in [4.78, 5) is 18.5. The number of halogens is 3. The van der Waals surface area contributed by atoms with E-state index in [9.17, 15) is 9.18 Å². The molecule has 25 heavy (non-hydrogen) atoms. The summed E-state index contributed by atoms with van der Waals surface area (Å²) >= 11 is 13.7. The topological polar surface area (TPSA) is 33.2 Å². The fourth-order valence-electron chi connectivity index (χ4n) is 2.85. The summed E-state index contributed by atoms with van der Waals surface area (Å²) in [5, 5.41) is 0.936. The van der Waals surface area contributed by atoms with Gasteiger partial charge in [-0.05, 0) is 30.3 Å². The zero-order valence-corrected chi connectivity index (χ0v) is 15.1. The molecule has 0 bridgehead atoms. The first-order valence-corrected chi connectivity index (χ1v) is 9.29. The van der Waals surface area contributed by atoms with E-state index in [2.05, 4.69) is 4.98 Å². The van der Waals surface area contributed by atoms with Crippen molar-refractivity contribution in [3.05, 3.63) is 70.1 Å². The molecule has 4 rings (SSSR count). The number of carbonyl (C=O) groups excluding carboxylic acids is 1. The second-order valence-corrected chi connectivity index (χ2v) is 7.42. The van der Waals surface area contributed by atoms with E-state index in [0.717, 1.165) is 16.5 Å². The third kappa shape index (κ3) is 2.97. The van der Waals surface area contributed by atoms with E-state index < -0.39 is 5.82 Å². The number of carbonyl (C=O) groups is 1. The van der Waals surface area contributed by atoms with E-state index in [1.807, 2.05) is 30.3 Å². The monoisotopic (exact) mass is 392 g/mol. The summed E-state index contributed by atoms with van der Waals surface area (Å²) in [5.41, 5.74) is 2.08. The third-order valence-corrected chi connectivity index (χ3v) is 5.81. The largest absolute Gasteiger partial charge is 0.295 e. The first-order valence-electron chi connectivity index (χ1n) is 7.48. The molecule has 3 aromatic rings. The van der Waals surface area contributed by atoms with Crippen LogP contribution < -0.4 is 4.90 Å². The van der Waals surface area contributed by atoms with E-state index in [1.54, 1.807) is 11.0 Å². The van der Waals surface area contributed by atoms with Crippen molar-refractivity contribution in [2.45, 2.75) is 5.37 Å². The van der Waals surface area contributed by atoms with Crippen LogP contribution in [0.3, 0.4) is 0 Å². The van der Waals surface area contributed by atoms with Gasteiger partial charge in [-0.1, -0.05) is 41.4 Å². The van der Waals surface area contributed by atoms with Crippen molar-refractivity contribution >= 4 is 57.5 Å². The number of hydrogen-bond donors (Lipinski definition) is 0. The molecule has 0 aliphatic carbocycles. The van der Waals surface area contributed by atoms with Gasteiger partial charge in [-0.2, -0.15) is 0 Å². The number of hydrogen-bond acceptors (Lipinski definition) is 3. The van der Waals surface area contributed by atoms with Crippen molar-refractivity contribution in [1.82, 2.24) is 4.98 Å². The number of fused-ring (bicyclic) bond motifs is 1. The zero-order valence-electron chi connectivity index (χ0n) is 12.7. The Morgan fingerprint density at radius 2 is 1.96 bits per heavy atom. The van der Waals surface area contributed by atoms with Crippen LogP contribution in [-0.4, -0.2) is 16.6 Å². The second kappa shape index (κ2) is 6.48. The number of rotatable bonds is 2. The number of benzene rings is 2. The molecule has 1 aliphatic heterocycles. The van der Waals surface area contributed by atoms with Crippen LogP contribution in [0.25, 0.3) is 10.9 Å². The Morgan fingerprint density at radius 3 is 2.76 bits per heavy atom. The van der Waals surface area contributed by atoms with Crippen LogP contribution in [0, 0.1) is 5.82 Å². The highest BCUT2D eigenvalue weighted by molar-refractivity contribution is 8.00. The Hall–Kier alpha value is -1.82. The average Bonchev–Trinajstić information content (AvgIpc) is 2.98. The predicted molar refractivity (Wildman–Crippen MR) is 101 cm³/mol.